The molecule has 0 saturated carbocycles. The maximum Gasteiger partial charge on any atom is 0.245 e. The molecule has 3 aromatic carbocycles. The summed E-state index contributed by atoms with van der Waals surface area (Å²) in [6.07, 6.45) is 2.41. The van der Waals surface area contributed by atoms with E-state index in [1.807, 2.05) is 73.3 Å². The van der Waals surface area contributed by atoms with Gasteiger partial charge in [-0.05, 0) is 53.6 Å². The molecule has 0 bridgehead atoms. The van der Waals surface area contributed by atoms with Crippen molar-refractivity contribution < 1.29 is 13.8 Å². The van der Waals surface area contributed by atoms with Crippen LogP contribution < -0.4 is 10.6 Å². The van der Waals surface area contributed by atoms with Crippen LogP contribution in [0.2, 0.25) is 5.02 Å². The zero-order chi connectivity index (χ0) is 29.7. The predicted octanol–water partition coefficient (Wildman–Crippen LogP) is 4.80. The van der Waals surface area contributed by atoms with Crippen LogP contribution in [0.5, 0.6) is 0 Å². The van der Waals surface area contributed by atoms with Crippen molar-refractivity contribution in [3.8, 4) is 0 Å². The number of carbonyl (C=O) groups excluding carboxylic acids is 2. The molecule has 3 aromatic rings. The highest BCUT2D eigenvalue weighted by atomic mass is 35.5. The average Bonchev–Trinajstić information content (AvgIpc) is 3.02. The molecule has 2 N–H and O–H groups in total. The number of hydrogen-bond acceptors (Lipinski definition) is 4. The van der Waals surface area contributed by atoms with E-state index in [0.29, 0.717) is 43.3 Å². The monoisotopic (exact) mass is 605 g/mol. The van der Waals surface area contributed by atoms with Crippen LogP contribution in [0.4, 0.5) is 0 Å². The van der Waals surface area contributed by atoms with E-state index in [9.17, 15) is 13.8 Å². The summed E-state index contributed by atoms with van der Waals surface area (Å²) in [7, 11) is -0.973. The molecular weight excluding hydrogens is 566 g/mol. The normalized spacial score (nSPS) is 19.5. The minimum atomic E-state index is -0.973. The largest absolute Gasteiger partial charge is 0.343 e. The van der Waals surface area contributed by atoms with Crippen molar-refractivity contribution in [3.05, 3.63) is 106 Å². The summed E-state index contributed by atoms with van der Waals surface area (Å²) in [5, 5.41) is 7.15. The van der Waals surface area contributed by atoms with Gasteiger partial charge in [0.15, 0.2) is 0 Å². The third kappa shape index (κ3) is 7.13. The molecule has 1 fully saturated rings. The van der Waals surface area contributed by atoms with Gasteiger partial charge in [0.1, 0.15) is 6.04 Å². The maximum absolute atomic E-state index is 14.1. The molecule has 0 aromatic heterocycles. The van der Waals surface area contributed by atoms with Crippen LogP contribution in [0.15, 0.2) is 78.9 Å². The Morgan fingerprint density at radius 2 is 1.62 bits per heavy atom. The van der Waals surface area contributed by atoms with E-state index in [0.717, 1.165) is 24.0 Å². The highest BCUT2D eigenvalue weighted by Gasteiger charge is 2.41. The summed E-state index contributed by atoms with van der Waals surface area (Å²) in [6, 6.07) is 24.8. The second-order valence-corrected chi connectivity index (χ2v) is 14.3. The number of rotatable bonds is 9. The van der Waals surface area contributed by atoms with Gasteiger partial charge >= 0.3 is 0 Å². The van der Waals surface area contributed by atoms with E-state index in [-0.39, 0.29) is 22.5 Å². The van der Waals surface area contributed by atoms with Crippen molar-refractivity contribution in [1.29, 1.82) is 0 Å². The lowest BCUT2D eigenvalue weighted by molar-refractivity contribution is -0.138. The molecule has 1 saturated heterocycles. The van der Waals surface area contributed by atoms with Gasteiger partial charge in [0, 0.05) is 58.3 Å². The Balaban J connectivity index is 1.32. The van der Waals surface area contributed by atoms with Crippen molar-refractivity contribution >= 4 is 34.2 Å². The number of carbonyl (C=O) groups is 2. The van der Waals surface area contributed by atoms with Crippen LogP contribution in [-0.4, -0.2) is 57.1 Å². The van der Waals surface area contributed by atoms with E-state index in [2.05, 4.69) is 34.9 Å². The molecule has 2 heterocycles. The first-order chi connectivity index (χ1) is 20.2. The lowest BCUT2D eigenvalue weighted by Gasteiger charge is -2.43. The summed E-state index contributed by atoms with van der Waals surface area (Å²) in [5.41, 5.74) is 4.22. The van der Waals surface area contributed by atoms with Gasteiger partial charge in [0.25, 0.3) is 0 Å². The fourth-order valence-corrected chi connectivity index (χ4v) is 7.55. The molecule has 1 unspecified atom stereocenters. The highest BCUT2D eigenvalue weighted by molar-refractivity contribution is 7.85. The number of nitrogens with one attached hydrogen (secondary N) is 2. The van der Waals surface area contributed by atoms with Gasteiger partial charge in [-0.3, -0.25) is 13.8 Å². The standard InChI is InChI=1S/C34H40ClN3O3S/c1-24(2)42(41)23-34(28-10-4-3-5-11-28)16-18-38(19-17-34)33(40)31(20-25-12-14-29(35)15-13-25)37-32(39)30-21-26-8-6-7-9-27(26)22-36-30/h3-15,24,30-31,36H,16-23H2,1-2H3,(H,37,39)/t30-,31+,42?/m0/s1. The Labute approximate surface area is 256 Å². The van der Waals surface area contributed by atoms with Crippen molar-refractivity contribution in [2.45, 2.75) is 68.8 Å². The molecule has 0 radical (unpaired) electrons. The number of halogens is 1. The van der Waals surface area contributed by atoms with Gasteiger partial charge in [-0.1, -0.05) is 92.2 Å². The van der Waals surface area contributed by atoms with Crippen LogP contribution in [0.3, 0.4) is 0 Å². The number of likely N-dealkylation sites (tertiary alicyclic amines) is 1. The minimum Gasteiger partial charge on any atom is -0.343 e. The summed E-state index contributed by atoms with van der Waals surface area (Å²) in [6.45, 7) is 5.71. The minimum absolute atomic E-state index is 0.0737. The third-order valence-electron chi connectivity index (χ3n) is 8.73. The first-order valence-corrected chi connectivity index (χ1v) is 16.6. The molecule has 6 nitrogen and oxygen atoms in total. The molecule has 2 amide bonds. The number of amides is 2. The fourth-order valence-electron chi connectivity index (χ4n) is 6.09. The van der Waals surface area contributed by atoms with E-state index in [1.165, 1.54) is 11.1 Å². The Hall–Kier alpha value is -3.00. The quantitative estimate of drug-likeness (QED) is 0.367. The maximum atomic E-state index is 14.1. The van der Waals surface area contributed by atoms with E-state index >= 15 is 0 Å². The molecule has 0 aliphatic carbocycles. The number of nitrogens with zero attached hydrogens (tertiary/aromatic N) is 1. The second kappa shape index (κ2) is 13.5. The van der Waals surface area contributed by atoms with Crippen LogP contribution in [0.1, 0.15) is 48.9 Å². The highest BCUT2D eigenvalue weighted by Crippen LogP contribution is 2.37. The van der Waals surface area contributed by atoms with Gasteiger partial charge in [0.2, 0.25) is 11.8 Å². The van der Waals surface area contributed by atoms with Crippen LogP contribution in [-0.2, 0) is 45.2 Å². The van der Waals surface area contributed by atoms with E-state index < -0.39 is 22.9 Å². The molecule has 42 heavy (non-hydrogen) atoms. The molecular formula is C34H40ClN3O3S. The van der Waals surface area contributed by atoms with Gasteiger partial charge in [-0.2, -0.15) is 0 Å². The Bertz CT molecular complexity index is 1410. The Morgan fingerprint density at radius 3 is 2.29 bits per heavy atom. The Morgan fingerprint density at radius 1 is 0.976 bits per heavy atom. The van der Waals surface area contributed by atoms with Gasteiger partial charge < -0.3 is 15.5 Å². The smallest absolute Gasteiger partial charge is 0.245 e. The SMILES string of the molecule is CC(C)S(=O)CC1(c2ccccc2)CCN(C(=O)[C@@H](Cc2ccc(Cl)cc2)NC(=O)[C@@H]2Cc3ccccc3CN2)CC1. The third-order valence-corrected chi connectivity index (χ3v) is 10.9. The molecule has 8 heteroatoms. The molecule has 2 aliphatic rings. The average molecular weight is 606 g/mol. The number of fused-ring (bicyclic) bond motifs is 1. The summed E-state index contributed by atoms with van der Waals surface area (Å²) < 4.78 is 13.1. The summed E-state index contributed by atoms with van der Waals surface area (Å²) in [5.74, 6) is 0.331. The van der Waals surface area contributed by atoms with Crippen molar-refractivity contribution in [2.75, 3.05) is 18.8 Å². The van der Waals surface area contributed by atoms with Crippen molar-refractivity contribution in [3.63, 3.8) is 0 Å². The molecule has 0 spiro atoms. The Kier molecular flexibility index (Phi) is 9.81. The molecule has 5 rings (SSSR count). The summed E-state index contributed by atoms with van der Waals surface area (Å²) in [4.78, 5) is 29.5. The van der Waals surface area contributed by atoms with E-state index in [4.69, 9.17) is 11.6 Å². The summed E-state index contributed by atoms with van der Waals surface area (Å²) >= 11 is 6.12. The van der Waals surface area contributed by atoms with Crippen LogP contribution in [0.25, 0.3) is 0 Å². The first kappa shape index (κ1) is 30.5. The van der Waals surface area contributed by atoms with Crippen molar-refractivity contribution in [2.24, 2.45) is 0 Å². The first-order valence-electron chi connectivity index (χ1n) is 14.8. The topological polar surface area (TPSA) is 78.5 Å². The van der Waals surface area contributed by atoms with E-state index in [1.54, 1.807) is 0 Å². The molecule has 2 aliphatic heterocycles. The lowest BCUT2D eigenvalue weighted by Crippen LogP contribution is -2.57. The predicted molar refractivity (Wildman–Crippen MR) is 170 cm³/mol. The number of piperidine rings is 1. The molecule has 3 atom stereocenters. The van der Waals surface area contributed by atoms with Crippen LogP contribution in [0, 0.1) is 0 Å². The molecule has 222 valence electrons. The zero-order valence-electron chi connectivity index (χ0n) is 24.4. The van der Waals surface area contributed by atoms with Gasteiger partial charge in [-0.15, -0.1) is 0 Å². The second-order valence-electron chi connectivity index (χ2n) is 11.8. The van der Waals surface area contributed by atoms with Gasteiger partial charge in [-0.25, -0.2) is 0 Å². The lowest BCUT2D eigenvalue weighted by atomic mass is 9.74. The van der Waals surface area contributed by atoms with Gasteiger partial charge in [0.05, 0.1) is 6.04 Å². The fraction of sp³-hybridized carbons (Fsp3) is 0.412. The zero-order valence-corrected chi connectivity index (χ0v) is 25.9. The van der Waals surface area contributed by atoms with Crippen LogP contribution >= 0.6 is 11.6 Å². The number of benzene rings is 3. The van der Waals surface area contributed by atoms with Crippen molar-refractivity contribution in [1.82, 2.24) is 15.5 Å². The number of hydrogen-bond donors (Lipinski definition) is 2.